The molecule has 1 aliphatic heterocycles. The average Bonchev–Trinajstić information content (AvgIpc) is 3.44. The zero-order chi connectivity index (χ0) is 33.1. The summed E-state index contributed by atoms with van der Waals surface area (Å²) in [5.74, 6) is -1.72. The van der Waals surface area contributed by atoms with Gasteiger partial charge in [-0.25, -0.2) is 4.68 Å². The van der Waals surface area contributed by atoms with Crippen molar-refractivity contribution in [1.29, 1.82) is 0 Å². The summed E-state index contributed by atoms with van der Waals surface area (Å²) in [7, 11) is -1.51. The molecular weight excluding hydrogens is 619 g/mol. The highest BCUT2D eigenvalue weighted by Gasteiger charge is 2.46. The van der Waals surface area contributed by atoms with E-state index in [1.807, 2.05) is 0 Å². The second-order valence-electron chi connectivity index (χ2n) is 13.5. The Morgan fingerprint density at radius 3 is 2.41 bits per heavy atom. The van der Waals surface area contributed by atoms with Gasteiger partial charge in [-0.15, -0.1) is 5.10 Å². The van der Waals surface area contributed by atoms with E-state index in [4.69, 9.17) is 14.2 Å². The second kappa shape index (κ2) is 14.0. The summed E-state index contributed by atoms with van der Waals surface area (Å²) in [6.07, 6.45) is -1.94. The highest BCUT2D eigenvalue weighted by atomic mass is 28.3. The lowest BCUT2D eigenvalue weighted by molar-refractivity contribution is -0.150. The van der Waals surface area contributed by atoms with Crippen LogP contribution in [0.15, 0.2) is 47.3 Å². The Bertz CT molecular complexity index is 1600. The molecule has 1 saturated heterocycles. The summed E-state index contributed by atoms with van der Waals surface area (Å²) < 4.78 is 58.1. The van der Waals surface area contributed by atoms with E-state index in [-0.39, 0.29) is 29.8 Å². The summed E-state index contributed by atoms with van der Waals surface area (Å²) >= 11 is 0. The van der Waals surface area contributed by atoms with Gasteiger partial charge in [0.05, 0.1) is 36.6 Å². The minimum absolute atomic E-state index is 0.0382. The molecule has 0 spiro atoms. The van der Waals surface area contributed by atoms with Crippen molar-refractivity contribution in [2.75, 3.05) is 26.4 Å². The highest BCUT2D eigenvalue weighted by molar-refractivity contribution is 6.76. The lowest BCUT2D eigenvalue weighted by Gasteiger charge is -2.24. The normalized spacial score (nSPS) is 21.0. The molecule has 1 aromatic heterocycles. The number of carbonyl (C=O) groups excluding carboxylic acids is 2. The van der Waals surface area contributed by atoms with E-state index in [1.54, 1.807) is 24.3 Å². The van der Waals surface area contributed by atoms with Crippen LogP contribution in [0.4, 0.5) is 13.2 Å². The SMILES string of the molecule is C[Si](C)(C)CCOC(=O)C1C(Cn2nnc3ccc(C(F)(F)F)cc3c2=O)CCC1C(=O)c1ccc(OCC2CCOCC2)cc1. The van der Waals surface area contributed by atoms with Crippen molar-refractivity contribution in [2.24, 2.45) is 23.7 Å². The van der Waals surface area contributed by atoms with Crippen LogP contribution in [-0.4, -0.2) is 61.2 Å². The number of ether oxygens (including phenoxy) is 3. The molecular formula is C33H40F3N3O6Si. The molecule has 3 atom stereocenters. The van der Waals surface area contributed by atoms with Gasteiger partial charge in [-0.2, -0.15) is 13.2 Å². The molecule has 1 saturated carbocycles. The number of alkyl halides is 3. The third kappa shape index (κ3) is 8.22. The number of hydrogen-bond acceptors (Lipinski definition) is 8. The highest BCUT2D eigenvalue weighted by Crippen LogP contribution is 2.41. The molecule has 13 heteroatoms. The predicted octanol–water partition coefficient (Wildman–Crippen LogP) is 6.02. The lowest BCUT2D eigenvalue weighted by Crippen LogP contribution is -2.36. The summed E-state index contributed by atoms with van der Waals surface area (Å²) in [6, 6.07) is 10.4. The molecule has 2 fully saturated rings. The first kappa shape index (κ1) is 33.8. The number of nitrogens with zero attached hydrogens (tertiary/aromatic N) is 3. The van der Waals surface area contributed by atoms with Crippen LogP contribution in [0.25, 0.3) is 10.9 Å². The molecule has 248 valence electrons. The first-order valence-corrected chi connectivity index (χ1v) is 19.5. The van der Waals surface area contributed by atoms with E-state index in [0.29, 0.717) is 36.7 Å². The van der Waals surface area contributed by atoms with Crippen molar-refractivity contribution in [3.63, 3.8) is 0 Å². The van der Waals surface area contributed by atoms with Crippen LogP contribution in [0.2, 0.25) is 25.7 Å². The maximum Gasteiger partial charge on any atom is 0.416 e. The third-order valence-corrected chi connectivity index (χ3v) is 10.6. The van der Waals surface area contributed by atoms with E-state index in [0.717, 1.165) is 55.0 Å². The molecule has 0 radical (unpaired) electrons. The summed E-state index contributed by atoms with van der Waals surface area (Å²) in [5, 5.41) is 7.70. The number of ketones is 1. The van der Waals surface area contributed by atoms with Crippen LogP contribution in [0, 0.1) is 23.7 Å². The maximum atomic E-state index is 13.8. The van der Waals surface area contributed by atoms with Gasteiger partial charge in [-0.05, 0) is 86.0 Å². The predicted molar refractivity (Wildman–Crippen MR) is 167 cm³/mol. The number of carbonyl (C=O) groups is 2. The average molecular weight is 660 g/mol. The van der Waals surface area contributed by atoms with Crippen molar-refractivity contribution >= 4 is 30.7 Å². The monoisotopic (exact) mass is 659 g/mol. The van der Waals surface area contributed by atoms with Crippen molar-refractivity contribution in [3.8, 4) is 5.75 Å². The molecule has 3 unspecified atom stereocenters. The molecule has 2 heterocycles. The molecule has 2 aromatic carbocycles. The summed E-state index contributed by atoms with van der Waals surface area (Å²) in [6.45, 7) is 8.66. The fourth-order valence-electron chi connectivity index (χ4n) is 6.14. The Hall–Kier alpha value is -3.58. The number of halogens is 3. The van der Waals surface area contributed by atoms with E-state index in [1.165, 1.54) is 0 Å². The standard InChI is InChI=1S/C33H40F3N3O6Si/c1-46(2,3)17-16-44-32(42)29-23(19-39-31(41)27-18-24(33(34,35)36)7-11-28(27)37-38-39)6-10-26(29)30(40)22-4-8-25(9-5-22)45-20-21-12-14-43-15-13-21/h4-5,7-9,11,18,21,23,26,29H,6,10,12-17,19-20H2,1-3H3. The number of aromatic nitrogens is 3. The van der Waals surface area contributed by atoms with Crippen molar-refractivity contribution in [3.05, 3.63) is 63.9 Å². The fourth-order valence-corrected chi connectivity index (χ4v) is 6.86. The zero-order valence-electron chi connectivity index (χ0n) is 26.3. The largest absolute Gasteiger partial charge is 0.493 e. The van der Waals surface area contributed by atoms with Gasteiger partial charge in [0, 0.05) is 32.8 Å². The number of hydrogen-bond donors (Lipinski definition) is 0. The topological polar surface area (TPSA) is 110 Å². The number of esters is 1. The molecule has 3 aromatic rings. The first-order chi connectivity index (χ1) is 21.8. The van der Waals surface area contributed by atoms with Crippen LogP contribution in [-0.2, 0) is 27.0 Å². The summed E-state index contributed by atoms with van der Waals surface area (Å²) in [5.41, 5.74) is -1.23. The van der Waals surface area contributed by atoms with Gasteiger partial charge in [0.1, 0.15) is 11.3 Å². The lowest BCUT2D eigenvalue weighted by atomic mass is 9.84. The van der Waals surface area contributed by atoms with Gasteiger partial charge in [-0.3, -0.25) is 14.4 Å². The Labute approximate surface area is 266 Å². The molecule has 2 aliphatic rings. The number of Topliss-reactive ketones (excluding diaryl/α,β-unsaturated/α-hetero) is 1. The van der Waals surface area contributed by atoms with E-state index < -0.39 is 49.1 Å². The molecule has 5 rings (SSSR count). The Morgan fingerprint density at radius 2 is 1.74 bits per heavy atom. The number of rotatable bonds is 11. The molecule has 0 N–H and O–H groups in total. The molecule has 0 amide bonds. The van der Waals surface area contributed by atoms with Crippen LogP contribution < -0.4 is 10.3 Å². The van der Waals surface area contributed by atoms with Gasteiger partial charge in [0.15, 0.2) is 5.78 Å². The van der Waals surface area contributed by atoms with Crippen LogP contribution in [0.3, 0.4) is 0 Å². The van der Waals surface area contributed by atoms with E-state index in [9.17, 15) is 27.6 Å². The second-order valence-corrected chi connectivity index (χ2v) is 19.1. The Kier molecular flexibility index (Phi) is 10.3. The van der Waals surface area contributed by atoms with E-state index >= 15 is 0 Å². The third-order valence-electron chi connectivity index (χ3n) is 8.92. The van der Waals surface area contributed by atoms with Crippen molar-refractivity contribution in [1.82, 2.24) is 15.0 Å². The zero-order valence-corrected chi connectivity index (χ0v) is 27.3. The molecule has 0 bridgehead atoms. The van der Waals surface area contributed by atoms with Crippen molar-refractivity contribution < 1.29 is 37.0 Å². The minimum atomic E-state index is -4.63. The smallest absolute Gasteiger partial charge is 0.416 e. The van der Waals surface area contributed by atoms with Gasteiger partial charge in [0.2, 0.25) is 0 Å². The van der Waals surface area contributed by atoms with Crippen LogP contribution in [0.1, 0.15) is 41.6 Å². The van der Waals surface area contributed by atoms with E-state index in [2.05, 4.69) is 30.0 Å². The van der Waals surface area contributed by atoms with Crippen molar-refractivity contribution in [2.45, 2.75) is 64.1 Å². The van der Waals surface area contributed by atoms with Gasteiger partial charge < -0.3 is 14.2 Å². The van der Waals surface area contributed by atoms with Gasteiger partial charge >= 0.3 is 12.1 Å². The quantitative estimate of drug-likeness (QED) is 0.140. The number of fused-ring (bicyclic) bond motifs is 1. The van der Waals surface area contributed by atoms with Crippen LogP contribution >= 0.6 is 0 Å². The molecule has 9 nitrogen and oxygen atoms in total. The Balaban J connectivity index is 1.35. The first-order valence-electron chi connectivity index (χ1n) is 15.8. The van der Waals surface area contributed by atoms with Gasteiger partial charge in [-0.1, -0.05) is 24.9 Å². The minimum Gasteiger partial charge on any atom is -0.493 e. The van der Waals surface area contributed by atoms with Crippen LogP contribution in [0.5, 0.6) is 5.75 Å². The maximum absolute atomic E-state index is 13.8. The number of benzene rings is 2. The summed E-state index contributed by atoms with van der Waals surface area (Å²) in [4.78, 5) is 40.7. The fraction of sp³-hybridized carbons (Fsp3) is 0.545. The molecule has 46 heavy (non-hydrogen) atoms. The Morgan fingerprint density at radius 1 is 1.02 bits per heavy atom. The molecule has 1 aliphatic carbocycles. The van der Waals surface area contributed by atoms with Gasteiger partial charge in [0.25, 0.3) is 5.56 Å².